The molecule has 2 rings (SSSR count). The Morgan fingerprint density at radius 1 is 1.19 bits per heavy atom. The molecule has 0 spiro atoms. The summed E-state index contributed by atoms with van der Waals surface area (Å²) in [6, 6.07) is 10.5. The van der Waals surface area contributed by atoms with Crippen LogP contribution >= 0.6 is 0 Å². The van der Waals surface area contributed by atoms with E-state index < -0.39 is 5.82 Å². The van der Waals surface area contributed by atoms with Gasteiger partial charge in [-0.05, 0) is 31.0 Å². The average molecular weight is 288 g/mol. The molecule has 3 N–H and O–H groups in total. The van der Waals surface area contributed by atoms with Crippen LogP contribution in [0.2, 0.25) is 0 Å². The van der Waals surface area contributed by atoms with Gasteiger partial charge in [0.1, 0.15) is 18.2 Å². The van der Waals surface area contributed by atoms with Crippen LogP contribution in [-0.2, 0) is 6.61 Å². The monoisotopic (exact) mass is 288 g/mol. The molecule has 0 aliphatic heterocycles. The maximum atomic E-state index is 14.3. The summed E-state index contributed by atoms with van der Waals surface area (Å²) in [7, 11) is 0. The first-order valence-corrected chi connectivity index (χ1v) is 6.49. The Kier molecular flexibility index (Phi) is 4.42. The fraction of sp³-hybridized carbons (Fsp3) is 0.188. The number of oxime groups is 1. The molecule has 0 aliphatic rings. The van der Waals surface area contributed by atoms with Gasteiger partial charge >= 0.3 is 0 Å². The third-order valence-electron chi connectivity index (χ3n) is 3.24. The van der Waals surface area contributed by atoms with Gasteiger partial charge in [-0.2, -0.15) is 0 Å². The third kappa shape index (κ3) is 3.13. The summed E-state index contributed by atoms with van der Waals surface area (Å²) in [5.41, 5.74) is 7.82. The Morgan fingerprint density at radius 3 is 2.43 bits per heavy atom. The van der Waals surface area contributed by atoms with Crippen LogP contribution < -0.4 is 10.5 Å². The molecular weight excluding hydrogens is 271 g/mol. The molecule has 0 bridgehead atoms. The number of nitrogens with two attached hydrogens (primary N) is 1. The van der Waals surface area contributed by atoms with Crippen molar-refractivity contribution in [1.82, 2.24) is 0 Å². The number of hydrogen-bond donors (Lipinski definition) is 2. The van der Waals surface area contributed by atoms with Gasteiger partial charge < -0.3 is 15.7 Å². The smallest absolute Gasteiger partial charge is 0.173 e. The number of halogens is 1. The number of hydrogen-bond acceptors (Lipinski definition) is 3. The number of ether oxygens (including phenoxy) is 1. The van der Waals surface area contributed by atoms with Crippen molar-refractivity contribution >= 4 is 5.84 Å². The lowest BCUT2D eigenvalue weighted by Crippen LogP contribution is -2.16. The van der Waals surface area contributed by atoms with Gasteiger partial charge in [-0.1, -0.05) is 35.5 Å². The largest absolute Gasteiger partial charge is 0.488 e. The van der Waals surface area contributed by atoms with Crippen LogP contribution in [0.1, 0.15) is 22.3 Å². The first kappa shape index (κ1) is 14.8. The zero-order valence-electron chi connectivity index (χ0n) is 11.9. The van der Waals surface area contributed by atoms with Crippen molar-refractivity contribution in [3.8, 4) is 5.75 Å². The molecule has 0 radical (unpaired) electrons. The number of aryl methyl sites for hydroxylation is 2. The molecule has 0 aliphatic carbocycles. The van der Waals surface area contributed by atoms with Gasteiger partial charge in [-0.25, -0.2) is 4.39 Å². The molecule has 110 valence electrons. The van der Waals surface area contributed by atoms with Crippen LogP contribution in [-0.4, -0.2) is 11.0 Å². The quantitative estimate of drug-likeness (QED) is 0.393. The molecular formula is C16H17FN2O2. The molecule has 0 heterocycles. The van der Waals surface area contributed by atoms with Crippen LogP contribution in [0.3, 0.4) is 0 Å². The van der Waals surface area contributed by atoms with E-state index in [2.05, 4.69) is 5.16 Å². The molecule has 0 amide bonds. The summed E-state index contributed by atoms with van der Waals surface area (Å²) in [4.78, 5) is 0. The minimum atomic E-state index is -0.543. The van der Waals surface area contributed by atoms with Crippen molar-refractivity contribution < 1.29 is 14.3 Å². The van der Waals surface area contributed by atoms with E-state index in [9.17, 15) is 4.39 Å². The summed E-state index contributed by atoms with van der Waals surface area (Å²) in [5.74, 6) is -0.0634. The highest BCUT2D eigenvalue weighted by Crippen LogP contribution is 2.24. The number of para-hydroxylation sites is 1. The molecule has 5 heteroatoms. The summed E-state index contributed by atoms with van der Waals surface area (Å²) in [6.07, 6.45) is 0. The van der Waals surface area contributed by atoms with E-state index >= 15 is 0 Å². The van der Waals surface area contributed by atoms with E-state index in [0.717, 1.165) is 16.9 Å². The van der Waals surface area contributed by atoms with Crippen molar-refractivity contribution in [2.24, 2.45) is 10.9 Å². The first-order chi connectivity index (χ1) is 10.0. The average Bonchev–Trinajstić information content (AvgIpc) is 2.47. The first-order valence-electron chi connectivity index (χ1n) is 6.49. The Bertz CT molecular complexity index is 664. The lowest BCUT2D eigenvalue weighted by Gasteiger charge is -2.13. The van der Waals surface area contributed by atoms with E-state index in [4.69, 9.17) is 15.7 Å². The third-order valence-corrected chi connectivity index (χ3v) is 3.24. The molecule has 2 aromatic carbocycles. The maximum absolute atomic E-state index is 14.3. The summed E-state index contributed by atoms with van der Waals surface area (Å²) < 4.78 is 20.0. The maximum Gasteiger partial charge on any atom is 0.173 e. The van der Waals surface area contributed by atoms with Crippen molar-refractivity contribution in [3.05, 3.63) is 64.5 Å². The molecule has 0 saturated carbocycles. The second kappa shape index (κ2) is 6.26. The van der Waals surface area contributed by atoms with Gasteiger partial charge in [0, 0.05) is 5.56 Å². The number of nitrogens with zero attached hydrogens (tertiary/aromatic N) is 1. The molecule has 0 atom stereocenters. The molecule has 21 heavy (non-hydrogen) atoms. The van der Waals surface area contributed by atoms with Crippen LogP contribution in [0.4, 0.5) is 4.39 Å². The zero-order valence-corrected chi connectivity index (χ0v) is 11.9. The molecule has 2 aromatic rings. The van der Waals surface area contributed by atoms with E-state index in [1.807, 2.05) is 32.0 Å². The van der Waals surface area contributed by atoms with Gasteiger partial charge in [-0.15, -0.1) is 0 Å². The Morgan fingerprint density at radius 2 is 1.81 bits per heavy atom. The summed E-state index contributed by atoms with van der Waals surface area (Å²) in [6.45, 7) is 3.95. The highest BCUT2D eigenvalue weighted by Gasteiger charge is 2.12. The van der Waals surface area contributed by atoms with Crippen molar-refractivity contribution in [1.29, 1.82) is 0 Å². The number of amidine groups is 1. The fourth-order valence-electron chi connectivity index (χ4n) is 2.12. The highest BCUT2D eigenvalue weighted by molar-refractivity contribution is 5.97. The lowest BCUT2D eigenvalue weighted by atomic mass is 10.1. The zero-order chi connectivity index (χ0) is 15.4. The minimum absolute atomic E-state index is 0.0557. The van der Waals surface area contributed by atoms with Gasteiger partial charge in [0.25, 0.3) is 0 Å². The predicted molar refractivity (Wildman–Crippen MR) is 79.2 cm³/mol. The van der Waals surface area contributed by atoms with Crippen LogP contribution in [0.5, 0.6) is 5.75 Å². The minimum Gasteiger partial charge on any atom is -0.488 e. The van der Waals surface area contributed by atoms with E-state index in [1.165, 1.54) is 6.07 Å². The standard InChI is InChI=1S/C16H17FN2O2/c1-10-5-3-6-11(2)15(10)21-9-12-7-4-8-13(14(12)17)16(18)19-20/h3-8,20H,9H2,1-2H3,(H2,18,19). The van der Waals surface area contributed by atoms with Crippen LogP contribution in [0, 0.1) is 19.7 Å². The SMILES string of the molecule is Cc1cccc(C)c1OCc1cccc(/C(N)=N/O)c1F. The molecule has 0 fully saturated rings. The van der Waals surface area contributed by atoms with Crippen molar-refractivity contribution in [2.75, 3.05) is 0 Å². The van der Waals surface area contributed by atoms with Crippen LogP contribution in [0.25, 0.3) is 0 Å². The Labute approximate surface area is 122 Å². The summed E-state index contributed by atoms with van der Waals surface area (Å²) in [5, 5.41) is 11.5. The van der Waals surface area contributed by atoms with Gasteiger partial charge in [-0.3, -0.25) is 0 Å². The molecule has 0 aromatic heterocycles. The Balaban J connectivity index is 2.25. The lowest BCUT2D eigenvalue weighted by molar-refractivity contribution is 0.295. The van der Waals surface area contributed by atoms with Gasteiger partial charge in [0.15, 0.2) is 5.84 Å². The number of rotatable bonds is 4. The fourth-order valence-corrected chi connectivity index (χ4v) is 2.12. The molecule has 0 saturated heterocycles. The Hall–Kier alpha value is -2.56. The molecule has 0 unspecified atom stereocenters. The normalized spacial score (nSPS) is 11.5. The second-order valence-electron chi connectivity index (χ2n) is 4.77. The van der Waals surface area contributed by atoms with Gasteiger partial charge in [0.2, 0.25) is 0 Å². The topological polar surface area (TPSA) is 67.8 Å². The van der Waals surface area contributed by atoms with E-state index in [0.29, 0.717) is 5.56 Å². The number of benzene rings is 2. The van der Waals surface area contributed by atoms with Crippen molar-refractivity contribution in [2.45, 2.75) is 20.5 Å². The van der Waals surface area contributed by atoms with Crippen LogP contribution in [0.15, 0.2) is 41.6 Å². The van der Waals surface area contributed by atoms with Gasteiger partial charge in [0.05, 0.1) is 5.56 Å². The summed E-state index contributed by atoms with van der Waals surface area (Å²) >= 11 is 0. The highest BCUT2D eigenvalue weighted by atomic mass is 19.1. The second-order valence-corrected chi connectivity index (χ2v) is 4.77. The van der Waals surface area contributed by atoms with Crippen molar-refractivity contribution in [3.63, 3.8) is 0 Å². The van der Waals surface area contributed by atoms with E-state index in [1.54, 1.807) is 12.1 Å². The van der Waals surface area contributed by atoms with E-state index in [-0.39, 0.29) is 18.0 Å². The molecule has 4 nitrogen and oxygen atoms in total. The predicted octanol–water partition coefficient (Wildman–Crippen LogP) is 3.12.